The van der Waals surface area contributed by atoms with Crippen molar-refractivity contribution in [1.29, 1.82) is 0 Å². The Balaban J connectivity index is -0.000000490. The molecule has 8 nitrogen and oxygen atoms in total. The van der Waals surface area contributed by atoms with Gasteiger partial charge in [0.15, 0.2) is 0 Å². The van der Waals surface area contributed by atoms with Gasteiger partial charge in [0.25, 0.3) is 0 Å². The van der Waals surface area contributed by atoms with Crippen LogP contribution in [0.3, 0.4) is 0 Å². The molecule has 0 heterocycles. The Kier molecular flexibility index (Phi) is 12.7. The first-order valence-corrected chi connectivity index (χ1v) is 9.54. The molecule has 0 atom stereocenters. The van der Waals surface area contributed by atoms with Crippen LogP contribution in [0.2, 0.25) is 0 Å². The molecular formula is C22H36MnO8. The number of Topliss-reactive ketones (excluding diaryl/α,β-unsaturated/α-hetero) is 2. The quantitative estimate of drug-likeness (QED) is 0.254. The smallest absolute Gasteiger partial charge is 0.382 e. The van der Waals surface area contributed by atoms with Gasteiger partial charge in [-0.15, -0.1) is 0 Å². The molecule has 0 spiro atoms. The fourth-order valence-corrected chi connectivity index (χ4v) is 1.18. The van der Waals surface area contributed by atoms with Gasteiger partial charge in [-0.05, 0) is 41.5 Å². The van der Waals surface area contributed by atoms with Crippen LogP contribution in [-0.2, 0) is 55.3 Å². The Morgan fingerprint density at radius 2 is 0.613 bits per heavy atom. The fraction of sp³-hybridized carbons (Fsp3) is 0.727. The minimum absolute atomic E-state index is 0. The molecule has 31 heavy (non-hydrogen) atoms. The van der Waals surface area contributed by atoms with Gasteiger partial charge in [-0.25, -0.2) is 9.59 Å². The summed E-state index contributed by atoms with van der Waals surface area (Å²) in [6.45, 7) is 19.3. The average Bonchev–Trinajstić information content (AvgIpc) is 2.50. The van der Waals surface area contributed by atoms with Gasteiger partial charge in [-0.2, -0.15) is 0 Å². The molecule has 0 aromatic rings. The van der Waals surface area contributed by atoms with Crippen LogP contribution in [0.15, 0.2) is 0 Å². The maximum Gasteiger partial charge on any atom is 0.382 e. The summed E-state index contributed by atoms with van der Waals surface area (Å²) in [5, 5.41) is 0. The zero-order valence-electron chi connectivity index (χ0n) is 20.6. The van der Waals surface area contributed by atoms with Crippen LogP contribution in [0.1, 0.15) is 83.1 Å². The number of hydrogen-bond acceptors (Lipinski definition) is 8. The maximum atomic E-state index is 11.4. The van der Waals surface area contributed by atoms with E-state index in [1.54, 1.807) is 83.1 Å². The topological polar surface area (TPSA) is 121 Å². The first kappa shape index (κ1) is 33.8. The SMILES string of the molecule is CC(C)(C)C(=O)OC(=O)C(=O)C(C)(C)C.CC(C)(C)C(=O)OC(=O)C(=O)C(C)(C)C.[Mn]. The van der Waals surface area contributed by atoms with E-state index in [4.69, 9.17) is 0 Å². The summed E-state index contributed by atoms with van der Waals surface area (Å²) >= 11 is 0. The summed E-state index contributed by atoms with van der Waals surface area (Å²) < 4.78 is 8.95. The van der Waals surface area contributed by atoms with Gasteiger partial charge < -0.3 is 9.47 Å². The summed E-state index contributed by atoms with van der Waals surface area (Å²) in [6, 6.07) is 0. The number of ether oxygens (including phenoxy) is 2. The first-order valence-electron chi connectivity index (χ1n) is 9.54. The van der Waals surface area contributed by atoms with Crippen LogP contribution in [0, 0.1) is 21.7 Å². The van der Waals surface area contributed by atoms with E-state index in [2.05, 4.69) is 9.47 Å². The number of hydrogen-bond donors (Lipinski definition) is 0. The van der Waals surface area contributed by atoms with Crippen LogP contribution in [0.4, 0.5) is 0 Å². The predicted molar refractivity (Wildman–Crippen MR) is 110 cm³/mol. The van der Waals surface area contributed by atoms with Crippen molar-refractivity contribution >= 4 is 35.4 Å². The molecule has 0 aliphatic heterocycles. The second kappa shape index (κ2) is 11.7. The molecule has 0 aliphatic carbocycles. The molecule has 0 aliphatic rings. The standard InChI is InChI=1S/2C11H18O4.Mn/c2*1-10(2,3)7(12)8(13)15-9(14)11(4,5)6;/h2*1-6H3;. The first-order chi connectivity index (χ1) is 12.9. The van der Waals surface area contributed by atoms with Crippen LogP contribution < -0.4 is 0 Å². The Hall–Kier alpha value is -1.86. The maximum absolute atomic E-state index is 11.4. The van der Waals surface area contributed by atoms with Crippen molar-refractivity contribution in [3.63, 3.8) is 0 Å². The molecule has 0 amide bonds. The van der Waals surface area contributed by atoms with Crippen molar-refractivity contribution in [2.45, 2.75) is 83.1 Å². The Bertz CT molecular complexity index is 646. The summed E-state index contributed by atoms with van der Waals surface area (Å²) in [7, 11) is 0. The van der Waals surface area contributed by atoms with E-state index in [1.807, 2.05) is 0 Å². The summed E-state index contributed by atoms with van der Waals surface area (Å²) in [4.78, 5) is 67.9. The predicted octanol–water partition coefficient (Wildman–Crippen LogP) is 3.43. The third kappa shape index (κ3) is 13.2. The van der Waals surface area contributed by atoms with Gasteiger partial charge in [0.1, 0.15) is 0 Å². The van der Waals surface area contributed by atoms with Gasteiger partial charge >= 0.3 is 23.9 Å². The molecule has 0 N–H and O–H groups in total. The Labute approximate surface area is 195 Å². The summed E-state index contributed by atoms with van der Waals surface area (Å²) in [5.41, 5.74) is -3.22. The molecule has 1 radical (unpaired) electrons. The van der Waals surface area contributed by atoms with Crippen molar-refractivity contribution in [2.24, 2.45) is 21.7 Å². The van der Waals surface area contributed by atoms with Gasteiger partial charge in [-0.3, -0.25) is 19.2 Å². The molecule has 0 saturated heterocycles. The van der Waals surface area contributed by atoms with E-state index in [0.29, 0.717) is 0 Å². The third-order valence-corrected chi connectivity index (χ3v) is 3.33. The van der Waals surface area contributed by atoms with Crippen molar-refractivity contribution in [3.05, 3.63) is 0 Å². The zero-order chi connectivity index (χ0) is 24.9. The minimum atomic E-state index is -1.08. The molecule has 0 bridgehead atoms. The van der Waals surface area contributed by atoms with E-state index in [0.717, 1.165) is 0 Å². The number of esters is 4. The third-order valence-electron chi connectivity index (χ3n) is 3.33. The largest absolute Gasteiger partial charge is 0.387 e. The van der Waals surface area contributed by atoms with E-state index in [1.165, 1.54) is 0 Å². The van der Waals surface area contributed by atoms with Gasteiger partial charge in [-0.1, -0.05) is 41.5 Å². The monoisotopic (exact) mass is 483 g/mol. The van der Waals surface area contributed by atoms with E-state index < -0.39 is 57.1 Å². The normalized spacial score (nSPS) is 11.7. The van der Waals surface area contributed by atoms with Crippen LogP contribution in [-0.4, -0.2) is 35.4 Å². The molecule has 179 valence electrons. The Morgan fingerprint density at radius 1 is 0.419 bits per heavy atom. The van der Waals surface area contributed by atoms with Crippen LogP contribution in [0.5, 0.6) is 0 Å². The van der Waals surface area contributed by atoms with Crippen LogP contribution in [0.25, 0.3) is 0 Å². The Morgan fingerprint density at radius 3 is 0.742 bits per heavy atom. The van der Waals surface area contributed by atoms with Crippen LogP contribution >= 0.6 is 0 Å². The summed E-state index contributed by atoms with van der Waals surface area (Å²) in [6.07, 6.45) is 0. The molecular weight excluding hydrogens is 447 g/mol. The number of rotatable bonds is 2. The van der Waals surface area contributed by atoms with Gasteiger partial charge in [0.05, 0.1) is 10.8 Å². The molecule has 9 heteroatoms. The minimum Gasteiger partial charge on any atom is -0.387 e. The molecule has 0 unspecified atom stereocenters. The van der Waals surface area contributed by atoms with Crippen molar-refractivity contribution in [3.8, 4) is 0 Å². The molecule has 0 rings (SSSR count). The van der Waals surface area contributed by atoms with E-state index >= 15 is 0 Å². The van der Waals surface area contributed by atoms with E-state index in [-0.39, 0.29) is 17.1 Å². The second-order valence-electron chi connectivity index (χ2n) is 11.0. The van der Waals surface area contributed by atoms with Gasteiger partial charge in [0.2, 0.25) is 11.6 Å². The van der Waals surface area contributed by atoms with Crippen molar-refractivity contribution in [1.82, 2.24) is 0 Å². The van der Waals surface area contributed by atoms with Crippen molar-refractivity contribution < 1.29 is 55.3 Å². The number of carbonyl (C=O) groups excluding carboxylic acids is 6. The molecule has 0 aromatic carbocycles. The van der Waals surface area contributed by atoms with Gasteiger partial charge in [0, 0.05) is 27.9 Å². The average molecular weight is 483 g/mol. The number of ketones is 2. The second-order valence-corrected chi connectivity index (χ2v) is 11.0. The fourth-order valence-electron chi connectivity index (χ4n) is 1.18. The molecule has 0 saturated carbocycles. The number of carbonyl (C=O) groups is 6. The summed E-state index contributed by atoms with van der Waals surface area (Å²) in [5.74, 6) is -4.93. The van der Waals surface area contributed by atoms with E-state index in [9.17, 15) is 28.8 Å². The zero-order valence-corrected chi connectivity index (χ0v) is 21.8. The molecule has 0 fully saturated rings. The molecule has 0 aromatic heterocycles. The van der Waals surface area contributed by atoms with Crippen molar-refractivity contribution in [2.75, 3.05) is 0 Å².